The number of nitrogens with two attached hydrogens (primary N) is 1. The van der Waals surface area contributed by atoms with Crippen LogP contribution in [-0.4, -0.2) is 7.11 Å². The summed E-state index contributed by atoms with van der Waals surface area (Å²) < 4.78 is 24.1. The Balaban J connectivity index is 2.38. The highest BCUT2D eigenvalue weighted by Crippen LogP contribution is 2.34. The van der Waals surface area contributed by atoms with Crippen LogP contribution in [-0.2, 0) is 6.42 Å². The first-order chi connectivity index (χ1) is 9.15. The molecule has 2 aromatic rings. The van der Waals surface area contributed by atoms with E-state index in [1.165, 1.54) is 19.2 Å². The van der Waals surface area contributed by atoms with Gasteiger partial charge in [0, 0.05) is 12.1 Å². The molecule has 0 unspecified atom stereocenters. The summed E-state index contributed by atoms with van der Waals surface area (Å²) in [5, 5.41) is 0. The molecule has 100 valence electrons. The third-order valence-electron chi connectivity index (χ3n) is 2.86. The van der Waals surface area contributed by atoms with Gasteiger partial charge in [0.05, 0.1) is 12.8 Å². The first-order valence-electron chi connectivity index (χ1n) is 6.04. The van der Waals surface area contributed by atoms with Gasteiger partial charge < -0.3 is 15.2 Å². The van der Waals surface area contributed by atoms with Crippen LogP contribution in [0.1, 0.15) is 12.5 Å². The normalized spacial score (nSPS) is 10.3. The van der Waals surface area contributed by atoms with Gasteiger partial charge in [-0.3, -0.25) is 0 Å². The molecule has 0 heterocycles. The molecule has 2 N–H and O–H groups in total. The van der Waals surface area contributed by atoms with Crippen LogP contribution in [0.5, 0.6) is 17.2 Å². The number of rotatable bonds is 4. The van der Waals surface area contributed by atoms with Crippen LogP contribution in [0.4, 0.5) is 10.1 Å². The lowest BCUT2D eigenvalue weighted by molar-refractivity contribution is 0.382. The molecule has 2 aromatic carbocycles. The molecule has 3 nitrogen and oxygen atoms in total. The molecule has 0 atom stereocenters. The predicted octanol–water partition coefficient (Wildman–Crippen LogP) is 3.77. The van der Waals surface area contributed by atoms with E-state index >= 15 is 0 Å². The Morgan fingerprint density at radius 2 is 1.84 bits per heavy atom. The van der Waals surface area contributed by atoms with Crippen LogP contribution in [0.2, 0.25) is 0 Å². The van der Waals surface area contributed by atoms with Gasteiger partial charge in [0.1, 0.15) is 5.75 Å². The Labute approximate surface area is 111 Å². The minimum absolute atomic E-state index is 0.109. The van der Waals surface area contributed by atoms with Crippen molar-refractivity contribution in [1.82, 2.24) is 0 Å². The van der Waals surface area contributed by atoms with Gasteiger partial charge in [-0.15, -0.1) is 0 Å². The summed E-state index contributed by atoms with van der Waals surface area (Å²) >= 11 is 0. The molecular weight excluding hydrogens is 245 g/mol. The Kier molecular flexibility index (Phi) is 3.90. The molecule has 2 rings (SSSR count). The van der Waals surface area contributed by atoms with E-state index in [-0.39, 0.29) is 11.4 Å². The zero-order valence-corrected chi connectivity index (χ0v) is 10.9. The number of anilines is 1. The fourth-order valence-corrected chi connectivity index (χ4v) is 1.81. The molecule has 4 heteroatoms. The second kappa shape index (κ2) is 5.61. The highest BCUT2D eigenvalue weighted by Gasteiger charge is 2.11. The van der Waals surface area contributed by atoms with E-state index in [0.717, 1.165) is 12.0 Å². The van der Waals surface area contributed by atoms with Gasteiger partial charge >= 0.3 is 0 Å². The van der Waals surface area contributed by atoms with E-state index < -0.39 is 5.82 Å². The number of benzene rings is 2. The maximum atomic E-state index is 13.5. The lowest BCUT2D eigenvalue weighted by Crippen LogP contribution is -1.97. The lowest BCUT2D eigenvalue weighted by Gasteiger charge is -2.13. The maximum absolute atomic E-state index is 13.5. The quantitative estimate of drug-likeness (QED) is 0.852. The van der Waals surface area contributed by atoms with Crippen molar-refractivity contribution in [2.45, 2.75) is 13.3 Å². The third kappa shape index (κ3) is 2.78. The van der Waals surface area contributed by atoms with Crippen molar-refractivity contribution in [3.8, 4) is 17.2 Å². The molecule has 0 amide bonds. The molecule has 0 aliphatic rings. The minimum atomic E-state index is -0.504. The molecule has 0 radical (unpaired) electrons. The largest absolute Gasteiger partial charge is 0.494 e. The number of para-hydroxylation sites is 1. The summed E-state index contributed by atoms with van der Waals surface area (Å²) in [5.41, 5.74) is 7.06. The fourth-order valence-electron chi connectivity index (χ4n) is 1.81. The highest BCUT2D eigenvalue weighted by atomic mass is 19.1. The average molecular weight is 261 g/mol. The Hall–Kier alpha value is -2.23. The Morgan fingerprint density at radius 1 is 1.11 bits per heavy atom. The summed E-state index contributed by atoms with van der Waals surface area (Å²) in [4.78, 5) is 0. The molecule has 0 aromatic heterocycles. The first kappa shape index (κ1) is 13.2. The molecule has 0 fully saturated rings. The smallest absolute Gasteiger partial charge is 0.167 e. The number of ether oxygens (including phenoxy) is 2. The molecule has 0 spiro atoms. The van der Waals surface area contributed by atoms with Gasteiger partial charge in [0.25, 0.3) is 0 Å². The highest BCUT2D eigenvalue weighted by molar-refractivity contribution is 5.58. The summed E-state index contributed by atoms with van der Waals surface area (Å²) in [5.74, 6) is 0.707. The number of methoxy groups -OCH3 is 1. The topological polar surface area (TPSA) is 44.5 Å². The summed E-state index contributed by atoms with van der Waals surface area (Å²) in [7, 11) is 1.40. The van der Waals surface area contributed by atoms with Gasteiger partial charge in [-0.25, -0.2) is 4.39 Å². The Morgan fingerprint density at radius 3 is 2.53 bits per heavy atom. The minimum Gasteiger partial charge on any atom is -0.494 e. The fraction of sp³-hybridized carbons (Fsp3) is 0.200. The van der Waals surface area contributed by atoms with Crippen LogP contribution in [0.25, 0.3) is 0 Å². The van der Waals surface area contributed by atoms with Crippen LogP contribution in [0, 0.1) is 5.82 Å². The number of hydrogen-bond acceptors (Lipinski definition) is 3. The molecule has 0 saturated carbocycles. The van der Waals surface area contributed by atoms with Gasteiger partial charge in [0.2, 0.25) is 0 Å². The second-order valence-corrected chi connectivity index (χ2v) is 4.09. The summed E-state index contributed by atoms with van der Waals surface area (Å²) in [6.07, 6.45) is 0.842. The van der Waals surface area contributed by atoms with E-state index in [4.69, 9.17) is 15.2 Å². The van der Waals surface area contributed by atoms with E-state index in [0.29, 0.717) is 11.5 Å². The SMILES string of the molecule is CCc1ccccc1Oc1cc(OC)c(F)cc1N. The van der Waals surface area contributed by atoms with E-state index in [1.807, 2.05) is 31.2 Å². The summed E-state index contributed by atoms with van der Waals surface area (Å²) in [6, 6.07) is 10.3. The number of nitrogen functional groups attached to an aromatic ring is 1. The monoisotopic (exact) mass is 261 g/mol. The third-order valence-corrected chi connectivity index (χ3v) is 2.86. The van der Waals surface area contributed by atoms with Crippen LogP contribution < -0.4 is 15.2 Å². The first-order valence-corrected chi connectivity index (χ1v) is 6.04. The van der Waals surface area contributed by atoms with E-state index in [2.05, 4.69) is 0 Å². The predicted molar refractivity (Wildman–Crippen MR) is 73.3 cm³/mol. The van der Waals surface area contributed by atoms with Crippen molar-refractivity contribution in [3.05, 3.63) is 47.8 Å². The van der Waals surface area contributed by atoms with Gasteiger partial charge in [-0.1, -0.05) is 25.1 Å². The molecule has 0 aliphatic carbocycles. The molecule has 19 heavy (non-hydrogen) atoms. The van der Waals surface area contributed by atoms with Crippen molar-refractivity contribution < 1.29 is 13.9 Å². The van der Waals surface area contributed by atoms with Crippen molar-refractivity contribution in [1.29, 1.82) is 0 Å². The second-order valence-electron chi connectivity index (χ2n) is 4.09. The van der Waals surface area contributed by atoms with Crippen LogP contribution >= 0.6 is 0 Å². The number of halogens is 1. The van der Waals surface area contributed by atoms with Gasteiger partial charge in [0.15, 0.2) is 17.3 Å². The molecular formula is C15H16FNO2. The molecule has 0 saturated heterocycles. The van der Waals surface area contributed by atoms with E-state index in [1.54, 1.807) is 0 Å². The molecule has 0 aliphatic heterocycles. The zero-order chi connectivity index (χ0) is 13.8. The summed E-state index contributed by atoms with van der Waals surface area (Å²) in [6.45, 7) is 2.04. The number of aryl methyl sites for hydroxylation is 1. The standard InChI is InChI=1S/C15H16FNO2/c1-3-10-6-4-5-7-13(10)19-15-9-14(18-2)11(16)8-12(15)17/h4-9H,3,17H2,1-2H3. The van der Waals surface area contributed by atoms with Crippen molar-refractivity contribution in [3.63, 3.8) is 0 Å². The van der Waals surface area contributed by atoms with Crippen molar-refractivity contribution >= 4 is 5.69 Å². The Bertz CT molecular complexity index is 584. The van der Waals surface area contributed by atoms with Crippen molar-refractivity contribution in [2.24, 2.45) is 0 Å². The van der Waals surface area contributed by atoms with Gasteiger partial charge in [-0.2, -0.15) is 0 Å². The maximum Gasteiger partial charge on any atom is 0.167 e. The van der Waals surface area contributed by atoms with Crippen molar-refractivity contribution in [2.75, 3.05) is 12.8 Å². The van der Waals surface area contributed by atoms with Crippen LogP contribution in [0.3, 0.4) is 0 Å². The van der Waals surface area contributed by atoms with Gasteiger partial charge in [-0.05, 0) is 18.1 Å². The lowest BCUT2D eigenvalue weighted by atomic mass is 10.1. The van der Waals surface area contributed by atoms with Crippen LogP contribution in [0.15, 0.2) is 36.4 Å². The van der Waals surface area contributed by atoms with E-state index in [9.17, 15) is 4.39 Å². The average Bonchev–Trinajstić information content (AvgIpc) is 2.42. The zero-order valence-electron chi connectivity index (χ0n) is 10.9. The molecule has 0 bridgehead atoms. The number of hydrogen-bond donors (Lipinski definition) is 1.